The van der Waals surface area contributed by atoms with Crippen molar-refractivity contribution in [2.75, 3.05) is 13.1 Å². The molecule has 1 aliphatic heterocycles. The highest BCUT2D eigenvalue weighted by Crippen LogP contribution is 2.52. The minimum atomic E-state index is -0.0339. The van der Waals surface area contributed by atoms with Gasteiger partial charge in [-0.05, 0) is 31.1 Å². The Morgan fingerprint density at radius 2 is 1.72 bits per heavy atom. The first-order chi connectivity index (χ1) is 8.75. The van der Waals surface area contributed by atoms with Crippen molar-refractivity contribution in [3.05, 3.63) is 12.2 Å². The molecule has 0 aromatic carbocycles. The Hall–Kier alpha value is -1.16. The van der Waals surface area contributed by atoms with Crippen LogP contribution in [0.3, 0.4) is 0 Å². The zero-order valence-corrected chi connectivity index (χ0v) is 10.3. The topological polar surface area (TPSA) is 49.4 Å². The van der Waals surface area contributed by atoms with E-state index in [0.717, 1.165) is 13.0 Å². The lowest BCUT2D eigenvalue weighted by atomic mass is 9.85. The van der Waals surface area contributed by atoms with E-state index in [1.54, 1.807) is 0 Å². The highest BCUT2D eigenvalue weighted by molar-refractivity contribution is 6.06. The fourth-order valence-electron chi connectivity index (χ4n) is 3.85. The molecule has 4 unspecified atom stereocenters. The van der Waals surface area contributed by atoms with Gasteiger partial charge in [0.2, 0.25) is 11.8 Å². The van der Waals surface area contributed by atoms with E-state index in [1.165, 1.54) is 17.7 Å². The number of imide groups is 1. The molecule has 1 N–H and O–H groups in total. The van der Waals surface area contributed by atoms with E-state index in [2.05, 4.69) is 17.5 Å². The largest absolute Gasteiger partial charge is 0.312 e. The predicted molar refractivity (Wildman–Crippen MR) is 65.5 cm³/mol. The molecule has 1 saturated heterocycles. The van der Waals surface area contributed by atoms with Crippen molar-refractivity contribution in [2.45, 2.75) is 25.3 Å². The average molecular weight is 246 g/mol. The van der Waals surface area contributed by atoms with Crippen molar-refractivity contribution >= 4 is 11.8 Å². The van der Waals surface area contributed by atoms with Gasteiger partial charge in [-0.1, -0.05) is 12.2 Å². The molecule has 0 spiro atoms. The summed E-state index contributed by atoms with van der Waals surface area (Å²) >= 11 is 0. The number of hydrogen-bond acceptors (Lipinski definition) is 3. The lowest BCUT2D eigenvalue weighted by molar-refractivity contribution is -0.140. The number of rotatable bonds is 4. The fourth-order valence-corrected chi connectivity index (χ4v) is 3.85. The summed E-state index contributed by atoms with van der Waals surface area (Å²) in [6.45, 7) is 1.31. The molecule has 2 amide bonds. The lowest BCUT2D eigenvalue weighted by Crippen LogP contribution is -2.38. The van der Waals surface area contributed by atoms with Gasteiger partial charge in [0.1, 0.15) is 0 Å². The molecule has 3 aliphatic carbocycles. The number of amides is 2. The van der Waals surface area contributed by atoms with Gasteiger partial charge in [0.05, 0.1) is 11.8 Å². The number of carbonyl (C=O) groups excluding carboxylic acids is 2. The maximum absolute atomic E-state index is 12.3. The first kappa shape index (κ1) is 10.7. The standard InChI is InChI=1S/C14H18N2O2/c17-13-11-8-1-2-9(7-8)12(11)14(18)16(13)6-5-15-10-3-4-10/h1-2,8-12,15H,3-7H2. The molecule has 2 saturated carbocycles. The second-order valence-electron chi connectivity index (χ2n) is 6.06. The summed E-state index contributed by atoms with van der Waals surface area (Å²) in [4.78, 5) is 26.2. The number of hydrogen-bond donors (Lipinski definition) is 1. The van der Waals surface area contributed by atoms with Crippen LogP contribution in [-0.4, -0.2) is 35.8 Å². The van der Waals surface area contributed by atoms with Crippen molar-refractivity contribution in [3.8, 4) is 0 Å². The molecule has 1 heterocycles. The fraction of sp³-hybridized carbons (Fsp3) is 0.714. The third kappa shape index (κ3) is 1.41. The average Bonchev–Trinajstić information content (AvgIpc) is 2.86. The van der Waals surface area contributed by atoms with Crippen LogP contribution in [0.1, 0.15) is 19.3 Å². The molecule has 4 nitrogen and oxygen atoms in total. The molecule has 2 bridgehead atoms. The summed E-state index contributed by atoms with van der Waals surface area (Å²) in [7, 11) is 0. The summed E-state index contributed by atoms with van der Waals surface area (Å²) in [5.41, 5.74) is 0. The number of likely N-dealkylation sites (tertiary alicyclic amines) is 1. The Labute approximate surface area is 106 Å². The summed E-state index contributed by atoms with van der Waals surface area (Å²) in [5, 5.41) is 3.37. The van der Waals surface area contributed by atoms with Crippen LogP contribution in [0.2, 0.25) is 0 Å². The van der Waals surface area contributed by atoms with Crippen molar-refractivity contribution in [3.63, 3.8) is 0 Å². The molecule has 96 valence electrons. The monoisotopic (exact) mass is 246 g/mol. The van der Waals surface area contributed by atoms with Gasteiger partial charge in [-0.2, -0.15) is 0 Å². The van der Waals surface area contributed by atoms with Crippen molar-refractivity contribution < 1.29 is 9.59 Å². The van der Waals surface area contributed by atoms with Gasteiger partial charge in [-0.15, -0.1) is 0 Å². The van der Waals surface area contributed by atoms with Gasteiger partial charge in [-0.3, -0.25) is 14.5 Å². The second-order valence-corrected chi connectivity index (χ2v) is 6.06. The minimum Gasteiger partial charge on any atom is -0.312 e. The third-order valence-electron chi connectivity index (χ3n) is 4.91. The Balaban J connectivity index is 1.46. The highest BCUT2D eigenvalue weighted by Gasteiger charge is 2.58. The smallest absolute Gasteiger partial charge is 0.233 e. The van der Waals surface area contributed by atoms with Crippen LogP contribution < -0.4 is 5.32 Å². The first-order valence-corrected chi connectivity index (χ1v) is 7.02. The van der Waals surface area contributed by atoms with Crippen molar-refractivity contribution in [1.82, 2.24) is 10.2 Å². The summed E-state index contributed by atoms with van der Waals surface area (Å²) < 4.78 is 0. The Morgan fingerprint density at radius 1 is 1.11 bits per heavy atom. The molecule has 18 heavy (non-hydrogen) atoms. The van der Waals surface area contributed by atoms with E-state index in [0.29, 0.717) is 24.4 Å². The molecule has 4 atom stereocenters. The number of carbonyl (C=O) groups is 2. The van der Waals surface area contributed by atoms with Gasteiger partial charge in [0.25, 0.3) is 0 Å². The summed E-state index contributed by atoms with van der Waals surface area (Å²) in [6.07, 6.45) is 7.77. The molecular weight excluding hydrogens is 228 g/mol. The molecule has 4 heteroatoms. The van der Waals surface area contributed by atoms with Gasteiger partial charge in [0, 0.05) is 19.1 Å². The van der Waals surface area contributed by atoms with Crippen LogP contribution in [0.15, 0.2) is 12.2 Å². The first-order valence-electron chi connectivity index (χ1n) is 7.02. The van der Waals surface area contributed by atoms with Crippen LogP contribution >= 0.6 is 0 Å². The van der Waals surface area contributed by atoms with Gasteiger partial charge < -0.3 is 5.32 Å². The van der Waals surface area contributed by atoms with Crippen LogP contribution in [0, 0.1) is 23.7 Å². The van der Waals surface area contributed by atoms with Crippen LogP contribution in [0.25, 0.3) is 0 Å². The normalized spacial score (nSPS) is 41.0. The maximum atomic E-state index is 12.3. The molecule has 0 aromatic heterocycles. The zero-order valence-electron chi connectivity index (χ0n) is 10.3. The Bertz CT molecular complexity index is 411. The molecular formula is C14H18N2O2. The molecule has 4 aliphatic rings. The van der Waals surface area contributed by atoms with E-state index in [9.17, 15) is 9.59 Å². The van der Waals surface area contributed by atoms with Crippen molar-refractivity contribution in [1.29, 1.82) is 0 Å². The number of nitrogens with zero attached hydrogens (tertiary/aromatic N) is 1. The van der Waals surface area contributed by atoms with Crippen LogP contribution in [0.5, 0.6) is 0 Å². The van der Waals surface area contributed by atoms with Gasteiger partial charge in [-0.25, -0.2) is 0 Å². The van der Waals surface area contributed by atoms with Crippen LogP contribution in [0.4, 0.5) is 0 Å². The maximum Gasteiger partial charge on any atom is 0.233 e. The Morgan fingerprint density at radius 3 is 2.28 bits per heavy atom. The van der Waals surface area contributed by atoms with E-state index < -0.39 is 0 Å². The number of nitrogens with one attached hydrogen (secondary N) is 1. The van der Waals surface area contributed by atoms with Gasteiger partial charge >= 0.3 is 0 Å². The third-order valence-corrected chi connectivity index (χ3v) is 4.91. The SMILES string of the molecule is O=C1C2C3C=CC(C3)C2C(=O)N1CCNC1CC1. The molecule has 3 fully saturated rings. The van der Waals surface area contributed by atoms with Crippen LogP contribution in [-0.2, 0) is 9.59 Å². The molecule has 0 aromatic rings. The van der Waals surface area contributed by atoms with E-state index >= 15 is 0 Å². The van der Waals surface area contributed by atoms with E-state index in [4.69, 9.17) is 0 Å². The van der Waals surface area contributed by atoms with E-state index in [-0.39, 0.29) is 23.7 Å². The minimum absolute atomic E-state index is 0.0339. The molecule has 4 rings (SSSR count). The molecule has 0 radical (unpaired) electrons. The quantitative estimate of drug-likeness (QED) is 0.582. The van der Waals surface area contributed by atoms with E-state index in [1.807, 2.05) is 0 Å². The Kier molecular flexibility index (Phi) is 2.19. The number of allylic oxidation sites excluding steroid dienone is 2. The lowest BCUT2D eigenvalue weighted by Gasteiger charge is -2.17. The zero-order chi connectivity index (χ0) is 12.3. The highest BCUT2D eigenvalue weighted by atomic mass is 16.2. The predicted octanol–water partition coefficient (Wildman–Crippen LogP) is 0.545. The summed E-state index contributed by atoms with van der Waals surface area (Å²) in [5.74, 6) is 0.761. The second kappa shape index (κ2) is 3.67. The van der Waals surface area contributed by atoms with Crippen molar-refractivity contribution in [2.24, 2.45) is 23.7 Å². The summed E-state index contributed by atoms with van der Waals surface area (Å²) in [6, 6.07) is 0.634. The number of fused-ring (bicyclic) bond motifs is 5. The van der Waals surface area contributed by atoms with Gasteiger partial charge in [0.15, 0.2) is 0 Å².